The van der Waals surface area contributed by atoms with Gasteiger partial charge in [0.15, 0.2) is 11.8 Å². The summed E-state index contributed by atoms with van der Waals surface area (Å²) in [4.78, 5) is 20.6. The zero-order chi connectivity index (χ0) is 31.9. The second-order valence-corrected chi connectivity index (χ2v) is 12.5. The van der Waals surface area contributed by atoms with Gasteiger partial charge in [0.05, 0.1) is 48.9 Å². The minimum atomic E-state index is -0.973. The predicted molar refractivity (Wildman–Crippen MR) is 173 cm³/mol. The van der Waals surface area contributed by atoms with Crippen LogP contribution in [0.3, 0.4) is 0 Å². The Morgan fingerprint density at radius 3 is 2.50 bits per heavy atom. The van der Waals surface area contributed by atoms with Crippen molar-refractivity contribution >= 4 is 17.4 Å². The number of anilines is 1. The molecule has 0 aliphatic carbocycles. The summed E-state index contributed by atoms with van der Waals surface area (Å²) in [5.74, 6) is 0.336. The van der Waals surface area contributed by atoms with E-state index in [2.05, 4.69) is 43.2 Å². The summed E-state index contributed by atoms with van der Waals surface area (Å²) in [5, 5.41) is 4.96. The van der Waals surface area contributed by atoms with Gasteiger partial charge in [0.25, 0.3) is 0 Å². The van der Waals surface area contributed by atoms with Crippen molar-refractivity contribution in [3.8, 4) is 0 Å². The largest absolute Gasteiger partial charge is 0.464 e. The van der Waals surface area contributed by atoms with E-state index in [0.29, 0.717) is 49.8 Å². The van der Waals surface area contributed by atoms with Crippen LogP contribution in [0.5, 0.6) is 0 Å². The Kier molecular flexibility index (Phi) is 11.0. The number of carbonyl (C=O) groups excluding carboxylic acids is 1. The molecule has 9 nitrogen and oxygen atoms in total. The smallest absolute Gasteiger partial charge is 0.340 e. The van der Waals surface area contributed by atoms with Crippen LogP contribution in [-0.2, 0) is 43.4 Å². The summed E-state index contributed by atoms with van der Waals surface area (Å²) in [5.41, 5.74) is 4.21. The number of benzene rings is 1. The number of aryl methyl sites for hydroxylation is 1. The van der Waals surface area contributed by atoms with Crippen LogP contribution in [0.25, 0.3) is 5.65 Å². The molecule has 1 unspecified atom stereocenters. The number of carbonyl (C=O) groups is 1. The maximum absolute atomic E-state index is 13.4. The Morgan fingerprint density at radius 1 is 1.11 bits per heavy atom. The predicted octanol–water partition coefficient (Wildman–Crippen LogP) is 6.46. The van der Waals surface area contributed by atoms with E-state index in [-0.39, 0.29) is 12.2 Å². The van der Waals surface area contributed by atoms with Crippen LogP contribution in [-0.4, -0.2) is 58.1 Å². The van der Waals surface area contributed by atoms with E-state index in [9.17, 15) is 4.79 Å². The van der Waals surface area contributed by atoms with Gasteiger partial charge >= 0.3 is 5.97 Å². The number of hydrogen-bond acceptors (Lipinski definition) is 8. The fraction of sp³-hybridized carbons (Fsp3) is 0.514. The van der Waals surface area contributed by atoms with E-state index in [1.165, 1.54) is 5.56 Å². The van der Waals surface area contributed by atoms with Gasteiger partial charge in [0.2, 0.25) is 0 Å². The molecule has 0 radical (unpaired) electrons. The fourth-order valence-corrected chi connectivity index (χ4v) is 5.52. The van der Waals surface area contributed by atoms with Crippen LogP contribution < -0.4 is 4.90 Å². The molecule has 9 heteroatoms. The summed E-state index contributed by atoms with van der Waals surface area (Å²) in [6.45, 7) is 22.2. The molecule has 0 spiro atoms. The van der Waals surface area contributed by atoms with Crippen molar-refractivity contribution in [2.45, 2.75) is 91.3 Å². The highest BCUT2D eigenvalue weighted by Gasteiger charge is 2.38. The van der Waals surface area contributed by atoms with Crippen LogP contribution in [0.1, 0.15) is 81.6 Å². The zero-order valence-electron chi connectivity index (χ0n) is 27.2. The van der Waals surface area contributed by atoms with Gasteiger partial charge in [-0.15, -0.1) is 13.2 Å². The first-order chi connectivity index (χ1) is 21.0. The average molecular weight is 605 g/mol. The van der Waals surface area contributed by atoms with Gasteiger partial charge in [-0.3, -0.25) is 0 Å². The lowest BCUT2D eigenvalue weighted by atomic mass is 9.92. The Balaban J connectivity index is 1.71. The minimum Gasteiger partial charge on any atom is -0.464 e. The van der Waals surface area contributed by atoms with Crippen molar-refractivity contribution in [1.29, 1.82) is 0 Å². The number of esters is 1. The molecule has 3 heterocycles. The quantitative estimate of drug-likeness (QED) is 0.153. The summed E-state index contributed by atoms with van der Waals surface area (Å²) >= 11 is 0. The maximum Gasteiger partial charge on any atom is 0.340 e. The molecule has 238 valence electrons. The molecular weight excluding hydrogens is 556 g/mol. The van der Waals surface area contributed by atoms with Gasteiger partial charge in [-0.2, -0.15) is 9.61 Å². The van der Waals surface area contributed by atoms with Crippen molar-refractivity contribution < 1.29 is 23.7 Å². The summed E-state index contributed by atoms with van der Waals surface area (Å²) in [6, 6.07) is 10.3. The highest BCUT2D eigenvalue weighted by molar-refractivity contribution is 5.80. The molecule has 1 aromatic carbocycles. The number of allylic oxidation sites excluding steroid dienone is 1. The molecule has 1 aliphatic rings. The molecule has 2 aromatic heterocycles. The third-order valence-corrected chi connectivity index (χ3v) is 7.65. The number of fused-ring (bicyclic) bond motifs is 1. The van der Waals surface area contributed by atoms with Gasteiger partial charge in [-0.1, -0.05) is 36.4 Å². The van der Waals surface area contributed by atoms with Crippen molar-refractivity contribution in [1.82, 2.24) is 14.6 Å². The first-order valence-electron chi connectivity index (χ1n) is 15.5. The molecule has 1 fully saturated rings. The first-order valence-corrected chi connectivity index (χ1v) is 15.5. The first kappa shape index (κ1) is 33.4. The topological polar surface area (TPSA) is 87.4 Å². The van der Waals surface area contributed by atoms with Crippen molar-refractivity contribution in [2.24, 2.45) is 0 Å². The molecule has 0 saturated carbocycles. The molecule has 1 saturated heterocycles. The third-order valence-electron chi connectivity index (χ3n) is 7.65. The number of nitrogens with zero attached hydrogens (tertiary/aromatic N) is 4. The standard InChI is InChI=1S/C35H48N4O5/c1-9-13-26-14-12-15-27(21-26)23-41-24-28-22-29-36-25(4)30(31(33(40)42-11-3)44-34(5,6)7)32(39(29)37-28)38-18-16-35(8,17-19-38)43-20-10-2/h9-10,12,14-15,21-22,31H,1-2,11,13,16-20,23-24H2,3-8H3. The second kappa shape index (κ2) is 14.5. The molecule has 0 N–H and O–H groups in total. The molecule has 44 heavy (non-hydrogen) atoms. The van der Waals surface area contributed by atoms with Gasteiger partial charge in [0.1, 0.15) is 5.82 Å². The number of rotatable bonds is 14. The van der Waals surface area contributed by atoms with Crippen molar-refractivity contribution in [3.05, 3.63) is 83.7 Å². The number of ether oxygens (including phenoxy) is 4. The molecule has 1 atom stereocenters. The third kappa shape index (κ3) is 8.34. The maximum atomic E-state index is 13.4. The highest BCUT2D eigenvalue weighted by Crippen LogP contribution is 2.38. The molecule has 0 bridgehead atoms. The Labute approximate surface area is 261 Å². The zero-order valence-corrected chi connectivity index (χ0v) is 27.2. The molecule has 0 amide bonds. The Bertz CT molecular complexity index is 1450. The van der Waals surface area contributed by atoms with E-state index >= 15 is 0 Å². The Hall–Kier alpha value is -3.53. The fourth-order valence-electron chi connectivity index (χ4n) is 5.52. The molecule has 3 aromatic rings. The van der Waals surface area contributed by atoms with E-state index in [1.54, 1.807) is 13.0 Å². The lowest BCUT2D eigenvalue weighted by Gasteiger charge is -2.41. The van der Waals surface area contributed by atoms with E-state index in [4.69, 9.17) is 29.0 Å². The number of aromatic nitrogens is 3. The number of hydrogen-bond donors (Lipinski definition) is 0. The highest BCUT2D eigenvalue weighted by atomic mass is 16.6. The monoisotopic (exact) mass is 604 g/mol. The van der Waals surface area contributed by atoms with Crippen molar-refractivity contribution in [3.63, 3.8) is 0 Å². The van der Waals surface area contributed by atoms with E-state index < -0.39 is 17.7 Å². The van der Waals surface area contributed by atoms with Crippen LogP contribution >= 0.6 is 0 Å². The van der Waals surface area contributed by atoms with Gasteiger partial charge in [0, 0.05) is 24.8 Å². The summed E-state index contributed by atoms with van der Waals surface area (Å²) < 4.78 is 26.0. The summed E-state index contributed by atoms with van der Waals surface area (Å²) in [7, 11) is 0. The lowest BCUT2D eigenvalue weighted by molar-refractivity contribution is -0.166. The Morgan fingerprint density at radius 2 is 1.84 bits per heavy atom. The van der Waals surface area contributed by atoms with Crippen molar-refractivity contribution in [2.75, 3.05) is 31.2 Å². The molecular formula is C35H48N4O5. The summed E-state index contributed by atoms with van der Waals surface area (Å²) in [6.07, 6.45) is 5.13. The molecule has 1 aliphatic heterocycles. The average Bonchev–Trinajstić information content (AvgIpc) is 3.37. The SMILES string of the molecule is C=CCOC1(C)CCN(c2c(C(OC(C)(C)C)C(=O)OCC)c(C)nc3cc(COCc4cccc(CC=C)c4)nn23)CC1. The normalized spacial score (nSPS) is 15.7. The van der Waals surface area contributed by atoms with E-state index in [0.717, 1.165) is 36.3 Å². The van der Waals surface area contributed by atoms with Gasteiger partial charge in [-0.05, 0) is 71.9 Å². The lowest BCUT2D eigenvalue weighted by Crippen LogP contribution is -2.45. The van der Waals surface area contributed by atoms with Crippen LogP contribution in [0.4, 0.5) is 5.82 Å². The second-order valence-electron chi connectivity index (χ2n) is 12.5. The minimum absolute atomic E-state index is 0.245. The van der Waals surface area contributed by atoms with Crippen LogP contribution in [0.2, 0.25) is 0 Å². The van der Waals surface area contributed by atoms with Crippen LogP contribution in [0, 0.1) is 6.92 Å². The number of piperidine rings is 1. The van der Waals surface area contributed by atoms with Crippen LogP contribution in [0.15, 0.2) is 55.6 Å². The van der Waals surface area contributed by atoms with Gasteiger partial charge in [-0.25, -0.2) is 9.78 Å². The van der Waals surface area contributed by atoms with Gasteiger partial charge < -0.3 is 23.8 Å². The van der Waals surface area contributed by atoms with E-state index in [1.807, 2.05) is 50.4 Å². The molecule has 4 rings (SSSR count).